The molecule has 0 saturated carbocycles. The van der Waals surface area contributed by atoms with E-state index in [-0.39, 0.29) is 11.7 Å². The van der Waals surface area contributed by atoms with Gasteiger partial charge in [0.15, 0.2) is 5.78 Å². The lowest BCUT2D eigenvalue weighted by molar-refractivity contribution is 0.101. The molecule has 0 aliphatic heterocycles. The van der Waals surface area contributed by atoms with E-state index in [1.54, 1.807) is 0 Å². The molecule has 0 amide bonds. The lowest BCUT2D eigenvalue weighted by atomic mass is 10.1. The van der Waals surface area contributed by atoms with E-state index in [1.165, 1.54) is 0 Å². The zero-order valence-electron chi connectivity index (χ0n) is 6.90. The third-order valence-corrected chi connectivity index (χ3v) is 4.47. The molecule has 0 atom stereocenters. The number of carbonyl (C=O) groups excluding carboxylic acids is 1. The highest BCUT2D eigenvalue weighted by Gasteiger charge is 2.13. The van der Waals surface area contributed by atoms with Crippen LogP contribution in [0.5, 0.6) is 0 Å². The van der Waals surface area contributed by atoms with Crippen molar-refractivity contribution in [1.29, 1.82) is 0 Å². The molecule has 0 N–H and O–H groups in total. The van der Waals surface area contributed by atoms with E-state index in [2.05, 4.69) is 38.5 Å². The highest BCUT2D eigenvalue weighted by atomic mass is 127. The summed E-state index contributed by atoms with van der Waals surface area (Å²) >= 11 is 11.0. The molecule has 0 unspecified atom stereocenters. The van der Waals surface area contributed by atoms with Gasteiger partial charge < -0.3 is 0 Å². The number of benzene rings is 1. The summed E-state index contributed by atoms with van der Waals surface area (Å²) in [4.78, 5) is 11.4. The molecule has 0 aliphatic carbocycles. The lowest BCUT2D eigenvalue weighted by Crippen LogP contribution is -2.06. The van der Waals surface area contributed by atoms with Crippen molar-refractivity contribution in [2.24, 2.45) is 0 Å². The van der Waals surface area contributed by atoms with Crippen molar-refractivity contribution < 1.29 is 4.79 Å². The number of aryl methyl sites for hydroxylation is 1. The Morgan fingerprint density at radius 1 is 1.62 bits per heavy atom. The molecule has 0 radical (unpaired) electrons. The van der Waals surface area contributed by atoms with E-state index in [0.29, 0.717) is 0 Å². The summed E-state index contributed by atoms with van der Waals surface area (Å²) in [5.41, 5.74) is 1.70. The average Bonchev–Trinajstić information content (AvgIpc) is 2.12. The quantitative estimate of drug-likeness (QED) is 0.438. The number of Topliss-reactive ketones (excluding diaryl/α,β-unsaturated/α-hetero) is 1. The van der Waals surface area contributed by atoms with Crippen LogP contribution in [0.4, 0.5) is 0 Å². The number of ketones is 1. The topological polar surface area (TPSA) is 17.1 Å². The molecule has 1 aromatic carbocycles. The molecule has 1 aromatic rings. The Labute approximate surface area is 104 Å². The first kappa shape index (κ1) is 11.5. The first-order valence-electron chi connectivity index (χ1n) is 3.61. The van der Waals surface area contributed by atoms with Gasteiger partial charge in [-0.1, -0.05) is 6.07 Å². The van der Waals surface area contributed by atoms with Gasteiger partial charge in [-0.25, -0.2) is 0 Å². The van der Waals surface area contributed by atoms with Crippen LogP contribution < -0.4 is 0 Å². The third kappa shape index (κ3) is 2.44. The molecule has 13 heavy (non-hydrogen) atoms. The van der Waals surface area contributed by atoms with Crippen molar-refractivity contribution in [3.05, 3.63) is 31.3 Å². The molecule has 0 bridgehead atoms. The fraction of sp³-hybridized carbons (Fsp3) is 0.222. The summed E-state index contributed by atoms with van der Waals surface area (Å²) in [6.07, 6.45) is 0. The molecule has 0 heterocycles. The summed E-state index contributed by atoms with van der Waals surface area (Å²) in [5, 5.41) is 0. The number of hydrogen-bond donors (Lipinski definition) is 0. The van der Waals surface area contributed by atoms with Gasteiger partial charge in [-0.2, -0.15) is 0 Å². The first-order valence-corrected chi connectivity index (χ1v) is 6.02. The van der Waals surface area contributed by atoms with Crippen molar-refractivity contribution in [2.45, 2.75) is 6.92 Å². The van der Waals surface area contributed by atoms with Gasteiger partial charge in [0.2, 0.25) is 0 Å². The summed E-state index contributed by atoms with van der Waals surface area (Å²) in [6, 6.07) is 3.84. The molecule has 4 heteroatoms. The summed E-state index contributed by atoms with van der Waals surface area (Å²) < 4.78 is 1.87. The zero-order chi connectivity index (χ0) is 10.0. The first-order chi connectivity index (χ1) is 6.07. The van der Waals surface area contributed by atoms with E-state index in [9.17, 15) is 4.79 Å². The van der Waals surface area contributed by atoms with Gasteiger partial charge >= 0.3 is 0 Å². The second kappa shape index (κ2) is 4.75. The number of rotatable bonds is 2. The lowest BCUT2D eigenvalue weighted by Gasteiger charge is -2.07. The Balaban J connectivity index is 3.33. The molecule has 0 saturated heterocycles. The zero-order valence-corrected chi connectivity index (χ0v) is 11.4. The Hall–Kier alpha value is 0.390. The predicted octanol–water partition coefficient (Wildman–Crippen LogP) is 3.78. The van der Waals surface area contributed by atoms with Crippen LogP contribution in [0.1, 0.15) is 15.9 Å². The van der Waals surface area contributed by atoms with Crippen LogP contribution in [0.15, 0.2) is 16.6 Å². The summed E-state index contributed by atoms with van der Waals surface area (Å²) in [5.74, 6) is 0.0117. The van der Waals surface area contributed by atoms with Crippen LogP contribution in [0.2, 0.25) is 0 Å². The van der Waals surface area contributed by atoms with Gasteiger partial charge in [-0.05, 0) is 57.1 Å². The van der Waals surface area contributed by atoms with E-state index >= 15 is 0 Å². The van der Waals surface area contributed by atoms with E-state index in [1.807, 2.05) is 19.1 Å². The highest BCUT2D eigenvalue weighted by Crippen LogP contribution is 2.25. The van der Waals surface area contributed by atoms with Crippen molar-refractivity contribution in [3.63, 3.8) is 0 Å². The molecular formula is C9H7BrClIO. The number of carbonyl (C=O) groups is 1. The van der Waals surface area contributed by atoms with E-state index in [4.69, 9.17) is 11.6 Å². The largest absolute Gasteiger partial charge is 0.293 e. The fourth-order valence-electron chi connectivity index (χ4n) is 1.06. The Bertz CT molecular complexity index is 352. The van der Waals surface area contributed by atoms with Crippen LogP contribution in [0, 0.1) is 10.5 Å². The second-order valence-corrected chi connectivity index (χ2v) is 4.81. The average molecular weight is 373 g/mol. The Kier molecular flexibility index (Phi) is 4.19. The van der Waals surface area contributed by atoms with Crippen LogP contribution in [0.25, 0.3) is 0 Å². The molecule has 0 fully saturated rings. The minimum absolute atomic E-state index is 0.0233. The number of hydrogen-bond acceptors (Lipinski definition) is 1. The molecule has 1 nitrogen and oxygen atoms in total. The van der Waals surface area contributed by atoms with Crippen LogP contribution >= 0.6 is 50.1 Å². The van der Waals surface area contributed by atoms with Crippen LogP contribution in [0.3, 0.4) is 0 Å². The maximum Gasteiger partial charge on any atom is 0.178 e. The van der Waals surface area contributed by atoms with Crippen LogP contribution in [-0.2, 0) is 0 Å². The number of halogens is 3. The maximum absolute atomic E-state index is 11.4. The molecular weight excluding hydrogens is 366 g/mol. The van der Waals surface area contributed by atoms with Crippen molar-refractivity contribution in [1.82, 2.24) is 0 Å². The minimum atomic E-state index is -0.0233. The standard InChI is InChI=1S/C9H7BrClIO/c1-5-2-3-6(10)9(12)8(5)7(13)4-11/h2-3H,4H2,1H3. The maximum atomic E-state index is 11.4. The molecule has 0 spiro atoms. The SMILES string of the molecule is Cc1ccc(Br)c(I)c1C(=O)CCl. The predicted molar refractivity (Wildman–Crippen MR) is 66.6 cm³/mol. The van der Waals surface area contributed by atoms with Gasteiger partial charge in [-0.15, -0.1) is 11.6 Å². The Morgan fingerprint density at radius 3 is 2.77 bits per heavy atom. The van der Waals surface area contributed by atoms with E-state index < -0.39 is 0 Å². The van der Waals surface area contributed by atoms with Gasteiger partial charge in [-0.3, -0.25) is 4.79 Å². The van der Waals surface area contributed by atoms with Gasteiger partial charge in [0.1, 0.15) is 0 Å². The van der Waals surface area contributed by atoms with Gasteiger partial charge in [0.25, 0.3) is 0 Å². The van der Waals surface area contributed by atoms with Crippen molar-refractivity contribution in [2.75, 3.05) is 5.88 Å². The Morgan fingerprint density at radius 2 is 2.23 bits per heavy atom. The van der Waals surface area contributed by atoms with Gasteiger partial charge in [0, 0.05) is 13.6 Å². The smallest absolute Gasteiger partial charge is 0.178 e. The van der Waals surface area contributed by atoms with Crippen LogP contribution in [-0.4, -0.2) is 11.7 Å². The summed E-state index contributed by atoms with van der Waals surface area (Å²) in [6.45, 7) is 1.91. The third-order valence-electron chi connectivity index (χ3n) is 1.70. The molecule has 70 valence electrons. The van der Waals surface area contributed by atoms with E-state index in [0.717, 1.165) is 19.2 Å². The normalized spacial score (nSPS) is 10.2. The minimum Gasteiger partial charge on any atom is -0.293 e. The second-order valence-electron chi connectivity index (χ2n) is 2.61. The van der Waals surface area contributed by atoms with Crippen molar-refractivity contribution in [3.8, 4) is 0 Å². The number of alkyl halides is 1. The monoisotopic (exact) mass is 372 g/mol. The molecule has 0 aliphatic rings. The molecule has 1 rings (SSSR count). The molecule has 0 aromatic heterocycles. The fourth-order valence-corrected chi connectivity index (χ4v) is 2.43. The highest BCUT2D eigenvalue weighted by molar-refractivity contribution is 14.1. The van der Waals surface area contributed by atoms with Crippen molar-refractivity contribution >= 4 is 55.9 Å². The van der Waals surface area contributed by atoms with Gasteiger partial charge in [0.05, 0.1) is 5.88 Å². The summed E-state index contributed by atoms with van der Waals surface area (Å²) in [7, 11) is 0.